The molecule has 1 atom stereocenters. The number of nitrogens with zero attached hydrogens (tertiary/aromatic N) is 2. The predicted molar refractivity (Wildman–Crippen MR) is 74.5 cm³/mol. The van der Waals surface area contributed by atoms with Crippen LogP contribution in [-0.4, -0.2) is 17.4 Å². The van der Waals surface area contributed by atoms with Gasteiger partial charge in [-0.2, -0.15) is 5.26 Å². The van der Waals surface area contributed by atoms with E-state index >= 15 is 0 Å². The van der Waals surface area contributed by atoms with Crippen LogP contribution in [0.3, 0.4) is 0 Å². The van der Waals surface area contributed by atoms with Crippen molar-refractivity contribution in [2.75, 3.05) is 6.61 Å². The summed E-state index contributed by atoms with van der Waals surface area (Å²) in [6.07, 6.45) is 3.08. The van der Waals surface area contributed by atoms with E-state index in [0.29, 0.717) is 17.7 Å². The zero-order valence-corrected chi connectivity index (χ0v) is 11.1. The van der Waals surface area contributed by atoms with E-state index in [2.05, 4.69) is 11.1 Å². The molecule has 1 aromatic carbocycles. The molecule has 2 aromatic rings. The topological polar surface area (TPSA) is 63.0 Å². The Hall–Kier alpha value is -2.67. The van der Waals surface area contributed by atoms with Crippen molar-refractivity contribution < 1.29 is 9.53 Å². The maximum absolute atomic E-state index is 12.3. The van der Waals surface area contributed by atoms with Gasteiger partial charge >= 0.3 is 0 Å². The summed E-state index contributed by atoms with van der Waals surface area (Å²) in [4.78, 5) is 16.2. The minimum Gasteiger partial charge on any atom is -0.494 e. The highest BCUT2D eigenvalue weighted by Crippen LogP contribution is 2.22. The van der Waals surface area contributed by atoms with Gasteiger partial charge < -0.3 is 4.74 Å². The molecule has 2 rings (SSSR count). The van der Waals surface area contributed by atoms with Gasteiger partial charge in [0.25, 0.3) is 0 Å². The Morgan fingerprint density at radius 1 is 1.25 bits per heavy atom. The zero-order valence-electron chi connectivity index (χ0n) is 11.1. The number of benzene rings is 1. The molecule has 1 unspecified atom stereocenters. The summed E-state index contributed by atoms with van der Waals surface area (Å²) in [6.45, 7) is 2.48. The maximum atomic E-state index is 12.3. The molecule has 4 nitrogen and oxygen atoms in total. The van der Waals surface area contributed by atoms with Gasteiger partial charge in [-0.15, -0.1) is 0 Å². The molecule has 0 saturated heterocycles. The third kappa shape index (κ3) is 3.01. The van der Waals surface area contributed by atoms with Crippen molar-refractivity contribution in [3.8, 4) is 11.8 Å². The number of Topliss-reactive ketones (excluding diaryl/α,β-unsaturated/α-hetero) is 1. The molecule has 0 aliphatic heterocycles. The highest BCUT2D eigenvalue weighted by atomic mass is 16.5. The molecule has 0 amide bonds. The van der Waals surface area contributed by atoms with E-state index in [9.17, 15) is 10.1 Å². The van der Waals surface area contributed by atoms with Crippen LogP contribution in [0.1, 0.15) is 28.8 Å². The summed E-state index contributed by atoms with van der Waals surface area (Å²) >= 11 is 0. The average molecular weight is 266 g/mol. The standard InChI is InChI=1S/C16H14N2O2/c1-2-20-14-5-3-12(4-6-14)15(11-17)16(19)13-7-9-18-10-8-13/h3-10,15H,2H2,1H3. The largest absolute Gasteiger partial charge is 0.494 e. The van der Waals surface area contributed by atoms with Crippen molar-refractivity contribution in [3.05, 3.63) is 59.9 Å². The number of rotatable bonds is 5. The van der Waals surface area contributed by atoms with Crippen molar-refractivity contribution in [2.45, 2.75) is 12.8 Å². The Morgan fingerprint density at radius 2 is 1.90 bits per heavy atom. The van der Waals surface area contributed by atoms with E-state index in [1.807, 2.05) is 6.92 Å². The second kappa shape index (κ2) is 6.48. The van der Waals surface area contributed by atoms with E-state index in [0.717, 1.165) is 5.75 Å². The molecule has 0 spiro atoms. The number of pyridine rings is 1. The number of aromatic nitrogens is 1. The Labute approximate surface area is 117 Å². The van der Waals surface area contributed by atoms with Crippen LogP contribution in [0.25, 0.3) is 0 Å². The summed E-state index contributed by atoms with van der Waals surface area (Å²) in [6, 6.07) is 12.3. The van der Waals surface area contributed by atoms with E-state index in [4.69, 9.17) is 4.74 Å². The van der Waals surface area contributed by atoms with Gasteiger partial charge in [-0.05, 0) is 36.8 Å². The van der Waals surface area contributed by atoms with Gasteiger partial charge in [0.1, 0.15) is 11.7 Å². The quantitative estimate of drug-likeness (QED) is 0.780. The van der Waals surface area contributed by atoms with Gasteiger partial charge in [0, 0.05) is 18.0 Å². The first-order chi connectivity index (χ1) is 9.76. The molecule has 1 aromatic heterocycles. The van der Waals surface area contributed by atoms with Crippen LogP contribution in [0, 0.1) is 11.3 Å². The second-order valence-electron chi connectivity index (χ2n) is 4.16. The van der Waals surface area contributed by atoms with Crippen molar-refractivity contribution in [2.24, 2.45) is 0 Å². The minimum absolute atomic E-state index is 0.223. The van der Waals surface area contributed by atoms with Crippen molar-refractivity contribution in [3.63, 3.8) is 0 Å². The maximum Gasteiger partial charge on any atom is 0.184 e. The number of ether oxygens (including phenoxy) is 1. The predicted octanol–water partition coefficient (Wildman–Crippen LogP) is 2.97. The minimum atomic E-state index is -0.812. The molecule has 1 heterocycles. The number of carbonyl (C=O) groups excluding carboxylic acids is 1. The lowest BCUT2D eigenvalue weighted by molar-refractivity contribution is 0.0978. The fourth-order valence-electron chi connectivity index (χ4n) is 1.89. The zero-order chi connectivity index (χ0) is 14.4. The Balaban J connectivity index is 2.24. The van der Waals surface area contributed by atoms with Crippen LogP contribution < -0.4 is 4.74 Å². The number of hydrogen-bond acceptors (Lipinski definition) is 4. The SMILES string of the molecule is CCOc1ccc(C(C#N)C(=O)c2ccncc2)cc1. The lowest BCUT2D eigenvalue weighted by Crippen LogP contribution is -2.11. The van der Waals surface area contributed by atoms with Crippen LogP contribution in [0.5, 0.6) is 5.75 Å². The Morgan fingerprint density at radius 3 is 2.45 bits per heavy atom. The monoisotopic (exact) mass is 266 g/mol. The normalized spacial score (nSPS) is 11.4. The van der Waals surface area contributed by atoms with Crippen LogP contribution in [0.15, 0.2) is 48.8 Å². The molecule has 0 bridgehead atoms. The molecule has 4 heteroatoms. The van der Waals surface area contributed by atoms with Crippen molar-refractivity contribution in [1.82, 2.24) is 4.98 Å². The Bertz CT molecular complexity index is 615. The molecule has 0 radical (unpaired) electrons. The van der Waals surface area contributed by atoms with Crippen molar-refractivity contribution >= 4 is 5.78 Å². The summed E-state index contributed by atoms with van der Waals surface area (Å²) in [5.41, 5.74) is 1.15. The van der Waals surface area contributed by atoms with E-state index in [1.165, 1.54) is 0 Å². The first-order valence-electron chi connectivity index (χ1n) is 6.33. The molecule has 20 heavy (non-hydrogen) atoms. The fourth-order valence-corrected chi connectivity index (χ4v) is 1.89. The van der Waals surface area contributed by atoms with Crippen molar-refractivity contribution in [1.29, 1.82) is 5.26 Å². The van der Waals surface area contributed by atoms with Crippen LogP contribution in [0.4, 0.5) is 0 Å². The first-order valence-corrected chi connectivity index (χ1v) is 6.33. The number of ketones is 1. The van der Waals surface area contributed by atoms with Crippen LogP contribution in [-0.2, 0) is 0 Å². The summed E-state index contributed by atoms with van der Waals surface area (Å²) in [5, 5.41) is 9.27. The summed E-state index contributed by atoms with van der Waals surface area (Å²) < 4.78 is 5.34. The van der Waals surface area contributed by atoms with Gasteiger partial charge in [-0.25, -0.2) is 0 Å². The molecule has 0 saturated carbocycles. The molecule has 0 aliphatic rings. The Kier molecular flexibility index (Phi) is 4.46. The smallest absolute Gasteiger partial charge is 0.184 e. The van der Waals surface area contributed by atoms with Gasteiger partial charge in [-0.1, -0.05) is 12.1 Å². The van der Waals surface area contributed by atoms with E-state index in [-0.39, 0.29) is 5.78 Å². The van der Waals surface area contributed by atoms with E-state index in [1.54, 1.807) is 48.8 Å². The lowest BCUT2D eigenvalue weighted by atomic mass is 9.92. The van der Waals surface area contributed by atoms with E-state index < -0.39 is 5.92 Å². The van der Waals surface area contributed by atoms with Crippen LogP contribution >= 0.6 is 0 Å². The third-order valence-corrected chi connectivity index (χ3v) is 2.88. The van der Waals surface area contributed by atoms with Gasteiger partial charge in [0.05, 0.1) is 12.7 Å². The lowest BCUT2D eigenvalue weighted by Gasteiger charge is -2.09. The number of hydrogen-bond donors (Lipinski definition) is 0. The fraction of sp³-hybridized carbons (Fsp3) is 0.188. The molecule has 100 valence electrons. The van der Waals surface area contributed by atoms with Gasteiger partial charge in [-0.3, -0.25) is 9.78 Å². The van der Waals surface area contributed by atoms with Gasteiger partial charge in [0.15, 0.2) is 5.78 Å². The van der Waals surface area contributed by atoms with Crippen LogP contribution in [0.2, 0.25) is 0 Å². The third-order valence-electron chi connectivity index (χ3n) is 2.88. The average Bonchev–Trinajstić information content (AvgIpc) is 2.51. The van der Waals surface area contributed by atoms with Gasteiger partial charge in [0.2, 0.25) is 0 Å². The molecular weight excluding hydrogens is 252 g/mol. The second-order valence-corrected chi connectivity index (χ2v) is 4.16. The molecular formula is C16H14N2O2. The number of nitriles is 1. The summed E-state index contributed by atoms with van der Waals surface area (Å²) in [5.74, 6) is -0.309. The molecule has 0 aliphatic carbocycles. The number of carbonyl (C=O) groups is 1. The highest BCUT2D eigenvalue weighted by molar-refractivity contribution is 6.02. The summed E-state index contributed by atoms with van der Waals surface area (Å²) in [7, 11) is 0. The molecule has 0 N–H and O–H groups in total. The molecule has 0 fully saturated rings. The first kappa shape index (κ1) is 13.8. The highest BCUT2D eigenvalue weighted by Gasteiger charge is 2.21.